The van der Waals surface area contributed by atoms with Crippen LogP contribution in [0.15, 0.2) is 41.4 Å². The summed E-state index contributed by atoms with van der Waals surface area (Å²) in [6, 6.07) is 7.84. The van der Waals surface area contributed by atoms with Crippen LogP contribution in [0.2, 0.25) is 10.0 Å². The second-order valence-electron chi connectivity index (χ2n) is 5.42. The molecule has 6 nitrogen and oxygen atoms in total. The normalized spacial score (nSPS) is 16.3. The van der Waals surface area contributed by atoms with Crippen LogP contribution in [-0.4, -0.2) is 43.9 Å². The Balaban J connectivity index is 1.73. The van der Waals surface area contributed by atoms with Gasteiger partial charge in [0.1, 0.15) is 5.82 Å². The Kier molecular flexibility index (Phi) is 4.87. The number of hydrogen-bond donors (Lipinski definition) is 1. The average molecular weight is 387 g/mol. The highest BCUT2D eigenvalue weighted by atomic mass is 35.5. The Morgan fingerprint density at radius 3 is 2.25 bits per heavy atom. The van der Waals surface area contributed by atoms with E-state index in [-0.39, 0.29) is 4.90 Å². The van der Waals surface area contributed by atoms with Crippen molar-refractivity contribution in [2.24, 2.45) is 0 Å². The molecule has 0 amide bonds. The molecule has 0 bridgehead atoms. The van der Waals surface area contributed by atoms with Crippen molar-refractivity contribution in [1.29, 1.82) is 0 Å². The quantitative estimate of drug-likeness (QED) is 0.819. The van der Waals surface area contributed by atoms with Gasteiger partial charge in [-0.25, -0.2) is 13.4 Å². The number of nitrogen functional groups attached to an aromatic ring is 1. The molecule has 24 heavy (non-hydrogen) atoms. The Morgan fingerprint density at radius 1 is 1.04 bits per heavy atom. The van der Waals surface area contributed by atoms with Gasteiger partial charge in [0.2, 0.25) is 10.0 Å². The zero-order valence-corrected chi connectivity index (χ0v) is 15.0. The monoisotopic (exact) mass is 386 g/mol. The van der Waals surface area contributed by atoms with Gasteiger partial charge < -0.3 is 10.6 Å². The molecule has 0 spiro atoms. The molecule has 3 rings (SSSR count). The topological polar surface area (TPSA) is 79.5 Å². The molecule has 0 aliphatic carbocycles. The van der Waals surface area contributed by atoms with Gasteiger partial charge in [-0.15, -0.1) is 0 Å². The van der Waals surface area contributed by atoms with Gasteiger partial charge in [0.25, 0.3) is 0 Å². The third-order valence-electron chi connectivity index (χ3n) is 3.84. The van der Waals surface area contributed by atoms with Crippen LogP contribution in [0.3, 0.4) is 0 Å². The molecule has 1 saturated heterocycles. The number of rotatable bonds is 3. The number of aromatic nitrogens is 1. The minimum Gasteiger partial charge on any atom is -0.399 e. The molecule has 1 aromatic heterocycles. The zero-order chi connectivity index (χ0) is 17.3. The lowest BCUT2D eigenvalue weighted by atomic mass is 10.3. The average Bonchev–Trinajstić information content (AvgIpc) is 2.55. The van der Waals surface area contributed by atoms with Crippen molar-refractivity contribution in [2.75, 3.05) is 36.8 Å². The number of hydrogen-bond acceptors (Lipinski definition) is 5. The van der Waals surface area contributed by atoms with Crippen LogP contribution in [0.5, 0.6) is 0 Å². The van der Waals surface area contributed by atoms with Gasteiger partial charge >= 0.3 is 0 Å². The van der Waals surface area contributed by atoms with Crippen molar-refractivity contribution >= 4 is 44.7 Å². The molecule has 0 atom stereocenters. The third-order valence-corrected chi connectivity index (χ3v) is 6.24. The van der Waals surface area contributed by atoms with E-state index in [0.29, 0.717) is 47.7 Å². The fourth-order valence-electron chi connectivity index (χ4n) is 2.57. The first-order chi connectivity index (χ1) is 11.4. The summed E-state index contributed by atoms with van der Waals surface area (Å²) < 4.78 is 26.8. The van der Waals surface area contributed by atoms with Gasteiger partial charge in [-0.3, -0.25) is 0 Å². The molecular formula is C15H16Cl2N4O2S. The summed E-state index contributed by atoms with van der Waals surface area (Å²) in [5.41, 5.74) is 6.14. The molecule has 0 unspecified atom stereocenters. The SMILES string of the molecule is Nc1ccc(S(=O)(=O)N2CCN(c3ncc(Cl)cc3Cl)CC2)cc1. The van der Waals surface area contributed by atoms with E-state index >= 15 is 0 Å². The summed E-state index contributed by atoms with van der Waals surface area (Å²) in [5.74, 6) is 0.616. The molecule has 2 N–H and O–H groups in total. The van der Waals surface area contributed by atoms with Crippen LogP contribution in [-0.2, 0) is 10.0 Å². The number of pyridine rings is 1. The lowest BCUT2D eigenvalue weighted by Gasteiger charge is -2.35. The molecule has 128 valence electrons. The van der Waals surface area contributed by atoms with Crippen LogP contribution in [0.25, 0.3) is 0 Å². The van der Waals surface area contributed by atoms with E-state index < -0.39 is 10.0 Å². The first-order valence-electron chi connectivity index (χ1n) is 7.29. The summed E-state index contributed by atoms with van der Waals surface area (Å²) in [6.07, 6.45) is 1.53. The highest BCUT2D eigenvalue weighted by molar-refractivity contribution is 7.89. The smallest absolute Gasteiger partial charge is 0.243 e. The molecule has 1 fully saturated rings. The van der Waals surface area contributed by atoms with Crippen molar-refractivity contribution in [3.63, 3.8) is 0 Å². The van der Waals surface area contributed by atoms with E-state index in [2.05, 4.69) is 4.98 Å². The maximum absolute atomic E-state index is 12.7. The van der Waals surface area contributed by atoms with Crippen molar-refractivity contribution in [2.45, 2.75) is 4.90 Å². The van der Waals surface area contributed by atoms with Gasteiger partial charge in [0.05, 0.1) is 14.9 Å². The van der Waals surface area contributed by atoms with E-state index in [1.165, 1.54) is 22.6 Å². The second-order valence-corrected chi connectivity index (χ2v) is 8.20. The van der Waals surface area contributed by atoms with Gasteiger partial charge in [-0.05, 0) is 30.3 Å². The number of anilines is 2. The van der Waals surface area contributed by atoms with Crippen LogP contribution in [0.1, 0.15) is 0 Å². The van der Waals surface area contributed by atoms with E-state index in [0.717, 1.165) is 0 Å². The Hall–Kier alpha value is -1.54. The molecule has 0 radical (unpaired) electrons. The number of nitrogens with two attached hydrogens (primary N) is 1. The lowest BCUT2D eigenvalue weighted by Crippen LogP contribution is -2.49. The molecule has 1 aliphatic heterocycles. The molecule has 1 aliphatic rings. The number of halogens is 2. The van der Waals surface area contributed by atoms with Crippen LogP contribution >= 0.6 is 23.2 Å². The first kappa shape index (κ1) is 17.3. The number of benzene rings is 1. The number of sulfonamides is 1. The van der Waals surface area contributed by atoms with Crippen molar-refractivity contribution < 1.29 is 8.42 Å². The lowest BCUT2D eigenvalue weighted by molar-refractivity contribution is 0.384. The van der Waals surface area contributed by atoms with E-state index in [1.54, 1.807) is 18.2 Å². The summed E-state index contributed by atoms with van der Waals surface area (Å²) in [5, 5.41) is 0.922. The minimum atomic E-state index is -3.52. The molecule has 2 aromatic rings. The third kappa shape index (κ3) is 3.44. The number of piperazine rings is 1. The maximum Gasteiger partial charge on any atom is 0.243 e. The number of nitrogens with zero attached hydrogens (tertiary/aromatic N) is 3. The largest absolute Gasteiger partial charge is 0.399 e. The van der Waals surface area contributed by atoms with Crippen molar-refractivity contribution in [1.82, 2.24) is 9.29 Å². The molecule has 9 heteroatoms. The zero-order valence-electron chi connectivity index (χ0n) is 12.7. The fraction of sp³-hybridized carbons (Fsp3) is 0.267. The highest BCUT2D eigenvalue weighted by Gasteiger charge is 2.29. The van der Waals surface area contributed by atoms with Crippen molar-refractivity contribution in [3.8, 4) is 0 Å². The van der Waals surface area contributed by atoms with Crippen LogP contribution in [0.4, 0.5) is 11.5 Å². The van der Waals surface area contributed by atoms with Crippen LogP contribution < -0.4 is 10.6 Å². The predicted octanol–water partition coefficient (Wildman–Crippen LogP) is 2.48. The molecular weight excluding hydrogens is 371 g/mol. The van der Waals surface area contributed by atoms with E-state index in [1.807, 2.05) is 4.90 Å². The Labute approximate surface area is 150 Å². The van der Waals surface area contributed by atoms with Gasteiger partial charge in [-0.1, -0.05) is 23.2 Å². The molecule has 2 heterocycles. The summed E-state index contributed by atoms with van der Waals surface area (Å²) >= 11 is 12.0. The second kappa shape index (κ2) is 6.76. The summed E-state index contributed by atoms with van der Waals surface area (Å²) in [6.45, 7) is 1.71. The van der Waals surface area contributed by atoms with Gasteiger partial charge in [-0.2, -0.15) is 4.31 Å². The highest BCUT2D eigenvalue weighted by Crippen LogP contribution is 2.27. The Morgan fingerprint density at radius 2 is 1.67 bits per heavy atom. The Bertz CT molecular complexity index is 835. The minimum absolute atomic E-state index is 0.243. The van der Waals surface area contributed by atoms with Gasteiger partial charge in [0, 0.05) is 38.1 Å². The van der Waals surface area contributed by atoms with E-state index in [9.17, 15) is 8.42 Å². The summed E-state index contributed by atoms with van der Waals surface area (Å²) in [4.78, 5) is 6.43. The molecule has 0 saturated carbocycles. The van der Waals surface area contributed by atoms with Crippen LogP contribution in [0, 0.1) is 0 Å². The van der Waals surface area contributed by atoms with E-state index in [4.69, 9.17) is 28.9 Å². The first-order valence-corrected chi connectivity index (χ1v) is 9.49. The fourth-order valence-corrected chi connectivity index (χ4v) is 4.49. The van der Waals surface area contributed by atoms with Gasteiger partial charge in [0.15, 0.2) is 0 Å². The standard InChI is InChI=1S/C15H16Cl2N4O2S/c16-11-9-14(17)15(19-10-11)20-5-7-21(8-6-20)24(22,23)13-3-1-12(18)2-4-13/h1-4,9-10H,5-8,18H2. The predicted molar refractivity (Wildman–Crippen MR) is 96.1 cm³/mol. The molecule has 1 aromatic carbocycles. The summed E-state index contributed by atoms with van der Waals surface area (Å²) in [7, 11) is -3.52. The van der Waals surface area contributed by atoms with Crippen molar-refractivity contribution in [3.05, 3.63) is 46.6 Å². The maximum atomic E-state index is 12.7.